The molecule has 1 unspecified atom stereocenters. The monoisotopic (exact) mass is 293 g/mol. The van der Waals surface area contributed by atoms with Gasteiger partial charge in [0.2, 0.25) is 0 Å². The molecule has 0 spiro atoms. The van der Waals surface area contributed by atoms with Crippen LogP contribution in [0.1, 0.15) is 18.7 Å². The molecule has 19 heavy (non-hydrogen) atoms. The summed E-state index contributed by atoms with van der Waals surface area (Å²) in [6.45, 7) is 4.27. The van der Waals surface area contributed by atoms with E-state index in [9.17, 15) is 0 Å². The maximum Gasteiger partial charge on any atom is 0.150 e. The Bertz CT molecular complexity index is 565. The van der Waals surface area contributed by atoms with E-state index in [4.69, 9.17) is 4.98 Å². The van der Waals surface area contributed by atoms with Crippen LogP contribution in [-0.4, -0.2) is 35.1 Å². The fraction of sp³-hybridized carbons (Fsp3) is 0.571. The molecular formula is C14H19N3S2. The van der Waals surface area contributed by atoms with Gasteiger partial charge in [0.25, 0.3) is 0 Å². The smallest absolute Gasteiger partial charge is 0.150 e. The number of hydrogen-bond acceptors (Lipinski definition) is 5. The van der Waals surface area contributed by atoms with E-state index in [2.05, 4.69) is 27.6 Å². The number of thioether (sulfide) groups is 1. The van der Waals surface area contributed by atoms with Crippen molar-refractivity contribution in [2.45, 2.75) is 19.8 Å². The molecule has 0 radical (unpaired) electrons. The van der Waals surface area contributed by atoms with Crippen molar-refractivity contribution in [3.8, 4) is 0 Å². The third-order valence-corrected chi connectivity index (χ3v) is 5.32. The summed E-state index contributed by atoms with van der Waals surface area (Å²) in [5.41, 5.74) is 1.10. The van der Waals surface area contributed by atoms with E-state index in [1.54, 1.807) is 11.3 Å². The van der Waals surface area contributed by atoms with Gasteiger partial charge < -0.3 is 4.90 Å². The summed E-state index contributed by atoms with van der Waals surface area (Å²) < 4.78 is 1.25. The molecule has 3 nitrogen and oxygen atoms in total. The van der Waals surface area contributed by atoms with Gasteiger partial charge in [-0.1, -0.05) is 0 Å². The molecule has 102 valence electrons. The molecule has 1 saturated heterocycles. The second kappa shape index (κ2) is 5.67. The number of aryl methyl sites for hydroxylation is 1. The zero-order valence-electron chi connectivity index (χ0n) is 11.4. The van der Waals surface area contributed by atoms with Crippen LogP contribution in [0.25, 0.3) is 10.2 Å². The minimum atomic E-state index is 0.800. The number of thiophene rings is 1. The lowest BCUT2D eigenvalue weighted by molar-refractivity contribution is 0.451. The Morgan fingerprint density at radius 2 is 2.37 bits per heavy atom. The summed E-state index contributed by atoms with van der Waals surface area (Å²) in [5.74, 6) is 4.10. The maximum absolute atomic E-state index is 4.71. The quantitative estimate of drug-likeness (QED) is 0.865. The molecule has 0 saturated carbocycles. The Balaban J connectivity index is 1.92. The fourth-order valence-corrected chi connectivity index (χ4v) is 4.40. The molecule has 5 heteroatoms. The zero-order chi connectivity index (χ0) is 13.2. The number of piperidine rings is 1. The summed E-state index contributed by atoms with van der Waals surface area (Å²) >= 11 is 3.72. The minimum Gasteiger partial charge on any atom is -0.355 e. The number of hydrogen-bond donors (Lipinski definition) is 0. The number of fused-ring (bicyclic) bond motifs is 1. The molecule has 0 N–H and O–H groups in total. The molecule has 1 aliphatic rings. The number of nitrogens with zero attached hydrogens (tertiary/aromatic N) is 3. The summed E-state index contributed by atoms with van der Waals surface area (Å²) in [6, 6.07) is 2.10. The van der Waals surface area contributed by atoms with Crippen molar-refractivity contribution in [1.29, 1.82) is 0 Å². The van der Waals surface area contributed by atoms with E-state index < -0.39 is 0 Å². The lowest BCUT2D eigenvalue weighted by Crippen LogP contribution is -2.37. The Morgan fingerprint density at radius 3 is 3.21 bits per heavy atom. The SMILES string of the molecule is CSCC1CCCN(c2nc(C)nc3ccsc23)C1. The van der Waals surface area contributed by atoms with E-state index in [-0.39, 0.29) is 0 Å². The van der Waals surface area contributed by atoms with Crippen LogP contribution < -0.4 is 4.90 Å². The van der Waals surface area contributed by atoms with Crippen molar-refractivity contribution in [2.75, 3.05) is 30.0 Å². The highest BCUT2D eigenvalue weighted by Gasteiger charge is 2.22. The van der Waals surface area contributed by atoms with Gasteiger partial charge in [-0.25, -0.2) is 9.97 Å². The third kappa shape index (κ3) is 2.72. The van der Waals surface area contributed by atoms with Crippen molar-refractivity contribution in [3.63, 3.8) is 0 Å². The average Bonchev–Trinajstić information content (AvgIpc) is 2.86. The molecule has 0 bridgehead atoms. The third-order valence-electron chi connectivity index (χ3n) is 3.62. The summed E-state index contributed by atoms with van der Waals surface area (Å²) in [4.78, 5) is 11.7. The van der Waals surface area contributed by atoms with Gasteiger partial charge in [0.1, 0.15) is 11.6 Å². The highest BCUT2D eigenvalue weighted by molar-refractivity contribution is 7.98. The van der Waals surface area contributed by atoms with Crippen molar-refractivity contribution in [2.24, 2.45) is 5.92 Å². The van der Waals surface area contributed by atoms with Gasteiger partial charge in [-0.05, 0) is 49.1 Å². The van der Waals surface area contributed by atoms with Crippen LogP contribution in [-0.2, 0) is 0 Å². The van der Waals surface area contributed by atoms with Crippen molar-refractivity contribution in [3.05, 3.63) is 17.3 Å². The highest BCUT2D eigenvalue weighted by Crippen LogP contribution is 2.32. The van der Waals surface area contributed by atoms with Gasteiger partial charge in [0.15, 0.2) is 0 Å². The van der Waals surface area contributed by atoms with Crippen molar-refractivity contribution < 1.29 is 0 Å². The lowest BCUT2D eigenvalue weighted by Gasteiger charge is -2.33. The van der Waals surface area contributed by atoms with Crippen LogP contribution in [0.2, 0.25) is 0 Å². The van der Waals surface area contributed by atoms with E-state index in [0.29, 0.717) is 0 Å². The average molecular weight is 293 g/mol. The van der Waals surface area contributed by atoms with Crippen LogP contribution in [0.3, 0.4) is 0 Å². The summed E-state index contributed by atoms with van der Waals surface area (Å²) in [7, 11) is 0. The van der Waals surface area contributed by atoms with E-state index in [0.717, 1.165) is 36.2 Å². The predicted molar refractivity (Wildman–Crippen MR) is 85.5 cm³/mol. The fourth-order valence-electron chi connectivity index (χ4n) is 2.80. The lowest BCUT2D eigenvalue weighted by atomic mass is 10.00. The van der Waals surface area contributed by atoms with Crippen LogP contribution >= 0.6 is 23.1 Å². The first-order valence-corrected chi connectivity index (χ1v) is 9.01. The van der Waals surface area contributed by atoms with Crippen LogP contribution in [0.5, 0.6) is 0 Å². The predicted octanol–water partition coefficient (Wildman–Crippen LogP) is 3.58. The van der Waals surface area contributed by atoms with Crippen LogP contribution in [0, 0.1) is 12.8 Å². The van der Waals surface area contributed by atoms with E-state index >= 15 is 0 Å². The summed E-state index contributed by atoms with van der Waals surface area (Å²) in [5, 5.41) is 2.12. The molecule has 3 heterocycles. The first-order chi connectivity index (χ1) is 9.28. The Labute approximate surface area is 122 Å². The first-order valence-electron chi connectivity index (χ1n) is 6.73. The Kier molecular flexibility index (Phi) is 3.93. The molecule has 1 atom stereocenters. The van der Waals surface area contributed by atoms with Gasteiger partial charge in [0.05, 0.1) is 10.2 Å². The number of rotatable bonds is 3. The Morgan fingerprint density at radius 1 is 1.47 bits per heavy atom. The molecule has 2 aromatic rings. The molecule has 0 amide bonds. The van der Waals surface area contributed by atoms with E-state index in [1.807, 2.05) is 18.7 Å². The van der Waals surface area contributed by atoms with Gasteiger partial charge in [0, 0.05) is 13.1 Å². The second-order valence-electron chi connectivity index (χ2n) is 5.14. The van der Waals surface area contributed by atoms with Crippen molar-refractivity contribution >= 4 is 39.1 Å². The molecule has 1 aliphatic heterocycles. The van der Waals surface area contributed by atoms with Gasteiger partial charge in [-0.2, -0.15) is 11.8 Å². The van der Waals surface area contributed by atoms with Gasteiger partial charge in [-0.15, -0.1) is 11.3 Å². The maximum atomic E-state index is 4.71. The van der Waals surface area contributed by atoms with E-state index in [1.165, 1.54) is 23.3 Å². The van der Waals surface area contributed by atoms with Crippen LogP contribution in [0.15, 0.2) is 11.4 Å². The van der Waals surface area contributed by atoms with Gasteiger partial charge >= 0.3 is 0 Å². The second-order valence-corrected chi connectivity index (χ2v) is 6.97. The van der Waals surface area contributed by atoms with Crippen LogP contribution in [0.4, 0.5) is 5.82 Å². The zero-order valence-corrected chi connectivity index (χ0v) is 13.1. The number of aromatic nitrogens is 2. The molecular weight excluding hydrogens is 274 g/mol. The molecule has 0 aliphatic carbocycles. The topological polar surface area (TPSA) is 29.0 Å². The highest BCUT2D eigenvalue weighted by atomic mass is 32.2. The molecule has 0 aromatic carbocycles. The molecule has 1 fully saturated rings. The molecule has 2 aromatic heterocycles. The number of anilines is 1. The minimum absolute atomic E-state index is 0.800. The van der Waals surface area contributed by atoms with Crippen molar-refractivity contribution in [1.82, 2.24) is 9.97 Å². The summed E-state index contributed by atoms with van der Waals surface area (Å²) in [6.07, 6.45) is 4.83. The Hall–Kier alpha value is -0.810. The standard InChI is InChI=1S/C14H19N3S2/c1-10-15-12-5-7-19-13(12)14(16-10)17-6-3-4-11(8-17)9-18-2/h5,7,11H,3-4,6,8-9H2,1-2H3. The normalized spacial score (nSPS) is 20.1. The largest absolute Gasteiger partial charge is 0.355 e. The first kappa shape index (κ1) is 13.2. The molecule has 3 rings (SSSR count). The van der Waals surface area contributed by atoms with Gasteiger partial charge in [-0.3, -0.25) is 0 Å².